The molecule has 0 aromatic heterocycles. The molecule has 1 aliphatic heterocycles. The summed E-state index contributed by atoms with van der Waals surface area (Å²) >= 11 is 0. The standard InChI is InChI=1S/C17H16N2.3CH3.3Pr/c1-14-7-6-8-15(2)17(14)19-12-11-18(13-19)16-9-4-3-5-10-16;;;;;;/h3-8,11-12H,13H2,1-2H3;3*1H3;;;/q-2;3*-1;;;. The summed E-state index contributed by atoms with van der Waals surface area (Å²) in [4.78, 5) is 4.41. The molecule has 5 heteroatoms. The van der Waals surface area contributed by atoms with E-state index in [-0.39, 0.29) is 146 Å². The summed E-state index contributed by atoms with van der Waals surface area (Å²) in [7, 11) is 0. The van der Waals surface area contributed by atoms with Gasteiger partial charge in [0.2, 0.25) is 0 Å². The Labute approximate surface area is 255 Å². The third kappa shape index (κ3) is 8.83. The molecule has 0 saturated carbocycles. The van der Waals surface area contributed by atoms with Gasteiger partial charge in [-0.25, -0.2) is 5.69 Å². The first-order chi connectivity index (χ1) is 9.25. The van der Waals surface area contributed by atoms with Crippen molar-refractivity contribution in [2.24, 2.45) is 0 Å². The maximum Gasteiger partial charge on any atom is 0.0948 e. The molecule has 0 amide bonds. The van der Waals surface area contributed by atoms with Crippen LogP contribution >= 0.6 is 0 Å². The monoisotopic (exact) mass is 716 g/mol. The summed E-state index contributed by atoms with van der Waals surface area (Å²) in [6.07, 6.45) is 4.19. The molecule has 2 nitrogen and oxygen atoms in total. The summed E-state index contributed by atoms with van der Waals surface area (Å²) in [6, 6.07) is 18.6. The molecule has 0 saturated heterocycles. The first-order valence-corrected chi connectivity index (χ1v) is 6.42. The Morgan fingerprint density at radius 1 is 0.760 bits per heavy atom. The molecule has 0 bridgehead atoms. The van der Waals surface area contributed by atoms with Crippen molar-refractivity contribution in [2.75, 3.05) is 16.5 Å². The molecule has 3 rings (SSSR count). The molecular formula is C20H25N2Pr3-5. The van der Waals surface area contributed by atoms with E-state index in [1.165, 1.54) is 16.8 Å². The Morgan fingerprint density at radius 3 is 1.76 bits per heavy atom. The minimum absolute atomic E-state index is 0. The SMILES string of the molecule is Cc1cccc(C)c1N1C=CN(c2[c-]ccc[c-]2)C1.[CH3-].[CH3-].[CH3-].[Pr].[Pr].[Pr]. The van der Waals surface area contributed by atoms with E-state index in [9.17, 15) is 0 Å². The van der Waals surface area contributed by atoms with E-state index in [0.29, 0.717) is 0 Å². The average molecular weight is 716 g/mol. The zero-order chi connectivity index (χ0) is 13.2. The largest absolute Gasteiger partial charge is 0.375 e. The van der Waals surface area contributed by atoms with Gasteiger partial charge in [-0.1, -0.05) is 18.2 Å². The number of benzene rings is 2. The predicted octanol–water partition coefficient (Wildman–Crippen LogP) is 5.01. The van der Waals surface area contributed by atoms with Gasteiger partial charge < -0.3 is 44.2 Å². The smallest absolute Gasteiger partial charge is 0.0948 e. The van der Waals surface area contributed by atoms with Gasteiger partial charge in [0.15, 0.2) is 0 Å². The fourth-order valence-corrected chi connectivity index (χ4v) is 2.48. The maximum absolute atomic E-state index is 3.20. The second kappa shape index (κ2) is 16.8. The topological polar surface area (TPSA) is 6.48 Å². The van der Waals surface area contributed by atoms with Crippen LogP contribution in [0.1, 0.15) is 11.1 Å². The van der Waals surface area contributed by atoms with E-state index in [1.54, 1.807) is 0 Å². The van der Waals surface area contributed by atoms with Gasteiger partial charge in [-0.05, 0) is 25.0 Å². The van der Waals surface area contributed by atoms with Crippen molar-refractivity contribution < 1.29 is 124 Å². The molecule has 1 heterocycles. The Kier molecular flexibility index (Phi) is 23.1. The molecule has 0 atom stereocenters. The van der Waals surface area contributed by atoms with Crippen LogP contribution in [0.3, 0.4) is 0 Å². The van der Waals surface area contributed by atoms with Crippen LogP contribution in [-0.2, 0) is 0 Å². The van der Waals surface area contributed by atoms with Crippen molar-refractivity contribution in [3.63, 3.8) is 0 Å². The molecule has 0 spiro atoms. The Balaban J connectivity index is -0.000000367. The Bertz CT molecular complexity index is 595. The number of aryl methyl sites for hydroxylation is 2. The molecule has 3 radical (unpaired) electrons. The average Bonchev–Trinajstić information content (AvgIpc) is 2.89. The number of rotatable bonds is 2. The van der Waals surface area contributed by atoms with Crippen molar-refractivity contribution in [3.05, 3.63) is 94.3 Å². The minimum atomic E-state index is 0. The van der Waals surface area contributed by atoms with Crippen LogP contribution in [0.15, 0.2) is 48.8 Å². The summed E-state index contributed by atoms with van der Waals surface area (Å²) in [6.45, 7) is 5.11. The van der Waals surface area contributed by atoms with Gasteiger partial charge in [0.05, 0.1) is 6.67 Å². The van der Waals surface area contributed by atoms with E-state index < -0.39 is 0 Å². The first-order valence-electron chi connectivity index (χ1n) is 6.42. The third-order valence-electron chi connectivity index (χ3n) is 3.38. The summed E-state index contributed by atoms with van der Waals surface area (Å²) in [5, 5.41) is 0. The summed E-state index contributed by atoms with van der Waals surface area (Å²) < 4.78 is 0. The summed E-state index contributed by atoms with van der Waals surface area (Å²) in [5.41, 5.74) is 4.87. The molecule has 1 aliphatic rings. The zero-order valence-electron chi connectivity index (χ0n) is 16.0. The van der Waals surface area contributed by atoms with Gasteiger partial charge >= 0.3 is 0 Å². The molecule has 0 aliphatic carbocycles. The molecule has 2 aromatic carbocycles. The van der Waals surface area contributed by atoms with Gasteiger partial charge in [0, 0.05) is 142 Å². The third-order valence-corrected chi connectivity index (χ3v) is 3.38. The number of para-hydroxylation sites is 2. The van der Waals surface area contributed by atoms with Crippen molar-refractivity contribution in [1.29, 1.82) is 0 Å². The molecule has 129 valence electrons. The van der Waals surface area contributed by atoms with Crippen molar-refractivity contribution in [3.8, 4) is 0 Å². The molecule has 0 N–H and O–H groups in total. The molecular weight excluding hydrogens is 691 g/mol. The fraction of sp³-hybridized carbons (Fsp3) is 0.150. The van der Waals surface area contributed by atoms with Gasteiger partial charge in [0.25, 0.3) is 0 Å². The van der Waals surface area contributed by atoms with Gasteiger partial charge in [-0.3, -0.25) is 18.2 Å². The van der Waals surface area contributed by atoms with Crippen LogP contribution in [0.5, 0.6) is 0 Å². The van der Waals surface area contributed by atoms with E-state index in [1.807, 2.05) is 18.2 Å². The van der Waals surface area contributed by atoms with Crippen LogP contribution in [-0.4, -0.2) is 6.67 Å². The van der Waals surface area contributed by atoms with Crippen LogP contribution in [0, 0.1) is 172 Å². The van der Waals surface area contributed by atoms with Crippen LogP contribution in [0.4, 0.5) is 11.4 Å². The molecule has 25 heavy (non-hydrogen) atoms. The van der Waals surface area contributed by atoms with Crippen LogP contribution < -0.4 is 9.80 Å². The molecule has 0 unspecified atom stereocenters. The molecule has 2 aromatic rings. The zero-order valence-corrected chi connectivity index (χ0v) is 27.1. The van der Waals surface area contributed by atoms with E-state index in [2.05, 4.69) is 66.4 Å². The normalized spacial score (nSPS) is 10.8. The fourth-order valence-electron chi connectivity index (χ4n) is 2.48. The van der Waals surface area contributed by atoms with Crippen molar-refractivity contribution in [1.82, 2.24) is 0 Å². The summed E-state index contributed by atoms with van der Waals surface area (Å²) in [5.74, 6) is 0. The maximum atomic E-state index is 3.20. The van der Waals surface area contributed by atoms with Gasteiger partial charge in [-0.15, -0.1) is 0 Å². The van der Waals surface area contributed by atoms with Crippen molar-refractivity contribution >= 4 is 11.4 Å². The Hall–Kier alpha value is 1.87. The van der Waals surface area contributed by atoms with Gasteiger partial charge in [0.1, 0.15) is 0 Å². The minimum Gasteiger partial charge on any atom is -0.375 e. The van der Waals surface area contributed by atoms with E-state index >= 15 is 0 Å². The first kappa shape index (κ1) is 34.4. The number of anilines is 2. The number of hydrogen-bond donors (Lipinski definition) is 0. The molecule has 0 fully saturated rings. The van der Waals surface area contributed by atoms with Crippen LogP contribution in [0.25, 0.3) is 0 Å². The predicted molar refractivity (Wildman–Crippen MR) is 98.2 cm³/mol. The van der Waals surface area contributed by atoms with E-state index in [4.69, 9.17) is 0 Å². The van der Waals surface area contributed by atoms with Crippen LogP contribution in [0.2, 0.25) is 0 Å². The van der Waals surface area contributed by atoms with Gasteiger partial charge in [-0.2, -0.15) is 0 Å². The van der Waals surface area contributed by atoms with E-state index in [0.717, 1.165) is 12.4 Å². The Morgan fingerprint density at radius 2 is 1.24 bits per heavy atom. The van der Waals surface area contributed by atoms with Crippen molar-refractivity contribution in [2.45, 2.75) is 13.8 Å². The second-order valence-corrected chi connectivity index (χ2v) is 4.78. The number of nitrogens with zero attached hydrogens (tertiary/aromatic N) is 2. The number of hydrogen-bond acceptors (Lipinski definition) is 2. The quantitative estimate of drug-likeness (QED) is 0.404. The second-order valence-electron chi connectivity index (χ2n) is 4.78.